The predicted molar refractivity (Wildman–Crippen MR) is 146 cm³/mol. The molecule has 1 amide bonds. The molecule has 190 valence electrons. The lowest BCUT2D eigenvalue weighted by Crippen LogP contribution is -2.42. The fourth-order valence-corrected chi connectivity index (χ4v) is 5.43. The van der Waals surface area contributed by atoms with E-state index in [0.29, 0.717) is 11.4 Å². The maximum Gasteiger partial charge on any atom is 0.264 e. The van der Waals surface area contributed by atoms with E-state index in [4.69, 9.17) is 4.74 Å². The van der Waals surface area contributed by atoms with Gasteiger partial charge in [-0.1, -0.05) is 83.9 Å². The molecule has 4 rings (SSSR count). The molecule has 0 saturated heterocycles. The molecule has 0 aliphatic carbocycles. The van der Waals surface area contributed by atoms with E-state index in [1.165, 1.54) is 7.11 Å². The van der Waals surface area contributed by atoms with Gasteiger partial charge in [-0.3, -0.25) is 9.10 Å². The maximum atomic E-state index is 13.7. The van der Waals surface area contributed by atoms with Crippen LogP contribution in [0.5, 0.6) is 5.75 Å². The molecule has 4 aromatic carbocycles. The molecule has 0 radical (unpaired) electrons. The summed E-state index contributed by atoms with van der Waals surface area (Å²) in [5.74, 6) is 0.0526. The van der Waals surface area contributed by atoms with Crippen LogP contribution in [-0.2, 0) is 14.8 Å². The molecular weight excluding hydrogens is 484 g/mol. The molecule has 4 aromatic rings. The van der Waals surface area contributed by atoms with Gasteiger partial charge in [0.05, 0.1) is 23.7 Å². The van der Waals surface area contributed by atoms with Crippen molar-refractivity contribution in [3.63, 3.8) is 0 Å². The number of ether oxygens (including phenoxy) is 1. The van der Waals surface area contributed by atoms with Crippen LogP contribution in [0.3, 0.4) is 0 Å². The van der Waals surface area contributed by atoms with Gasteiger partial charge in [0.2, 0.25) is 5.91 Å². The van der Waals surface area contributed by atoms with Crippen molar-refractivity contribution in [1.29, 1.82) is 0 Å². The quantitative estimate of drug-likeness (QED) is 0.324. The molecule has 0 heterocycles. The first-order valence-corrected chi connectivity index (χ1v) is 13.4. The third-order valence-electron chi connectivity index (χ3n) is 6.09. The molecule has 0 aliphatic heterocycles. The molecule has 0 fully saturated rings. The molecule has 0 aromatic heterocycles. The summed E-state index contributed by atoms with van der Waals surface area (Å²) in [6, 6.07) is 30.3. The van der Waals surface area contributed by atoms with Gasteiger partial charge in [-0.25, -0.2) is 8.42 Å². The highest BCUT2D eigenvalue weighted by Crippen LogP contribution is 2.28. The summed E-state index contributed by atoms with van der Waals surface area (Å²) in [6.07, 6.45) is 0. The van der Waals surface area contributed by atoms with E-state index in [-0.39, 0.29) is 4.90 Å². The second kappa shape index (κ2) is 11.3. The highest BCUT2D eigenvalue weighted by atomic mass is 32.2. The van der Waals surface area contributed by atoms with E-state index in [1.54, 1.807) is 48.5 Å². The Labute approximate surface area is 218 Å². The van der Waals surface area contributed by atoms with Crippen LogP contribution >= 0.6 is 0 Å². The third kappa shape index (κ3) is 6.19. The average Bonchev–Trinajstić information content (AvgIpc) is 2.91. The number of anilines is 1. The van der Waals surface area contributed by atoms with Crippen LogP contribution in [0.1, 0.15) is 28.3 Å². The Morgan fingerprint density at radius 1 is 0.811 bits per heavy atom. The SMILES string of the molecule is COc1cccc(N(CC(=O)NC(c2ccccc2)c2ccc(C)cc2)S(=O)(=O)c2ccc(C)cc2)c1. The molecule has 1 atom stereocenters. The van der Waals surface area contributed by atoms with Crippen molar-refractivity contribution in [2.45, 2.75) is 24.8 Å². The number of nitrogens with zero attached hydrogens (tertiary/aromatic N) is 1. The minimum absolute atomic E-state index is 0.104. The number of hydrogen-bond acceptors (Lipinski definition) is 4. The van der Waals surface area contributed by atoms with Crippen LogP contribution in [0, 0.1) is 13.8 Å². The van der Waals surface area contributed by atoms with Crippen molar-refractivity contribution in [3.8, 4) is 5.75 Å². The molecule has 1 unspecified atom stereocenters. The first kappa shape index (κ1) is 26.0. The number of nitrogens with one attached hydrogen (secondary N) is 1. The molecule has 0 bridgehead atoms. The van der Waals surface area contributed by atoms with Gasteiger partial charge in [-0.15, -0.1) is 0 Å². The lowest BCUT2D eigenvalue weighted by atomic mass is 9.98. The van der Waals surface area contributed by atoms with Crippen LogP contribution < -0.4 is 14.4 Å². The number of sulfonamides is 1. The van der Waals surface area contributed by atoms with E-state index in [2.05, 4.69) is 5.32 Å². The zero-order chi connectivity index (χ0) is 26.4. The van der Waals surface area contributed by atoms with E-state index in [9.17, 15) is 13.2 Å². The van der Waals surface area contributed by atoms with Crippen LogP contribution in [0.2, 0.25) is 0 Å². The topological polar surface area (TPSA) is 75.7 Å². The van der Waals surface area contributed by atoms with Gasteiger partial charge in [-0.05, 0) is 49.2 Å². The van der Waals surface area contributed by atoms with Gasteiger partial charge >= 0.3 is 0 Å². The molecular formula is C30H30N2O4S. The van der Waals surface area contributed by atoms with E-state index in [1.807, 2.05) is 68.4 Å². The zero-order valence-electron chi connectivity index (χ0n) is 21.1. The van der Waals surface area contributed by atoms with Crippen molar-refractivity contribution < 1.29 is 17.9 Å². The number of carbonyl (C=O) groups excluding carboxylic acids is 1. The van der Waals surface area contributed by atoms with Gasteiger partial charge in [0.1, 0.15) is 12.3 Å². The largest absolute Gasteiger partial charge is 0.497 e. The lowest BCUT2D eigenvalue weighted by molar-refractivity contribution is -0.120. The number of rotatable bonds is 9. The summed E-state index contributed by atoms with van der Waals surface area (Å²) < 4.78 is 33.9. The third-order valence-corrected chi connectivity index (χ3v) is 7.87. The minimum atomic E-state index is -4.04. The standard InChI is InChI=1S/C30H30N2O4S/c1-22-12-16-25(17-13-22)30(24-8-5-4-6-9-24)31-29(33)21-32(26-10-7-11-27(20-26)36-3)37(34,35)28-18-14-23(2)15-19-28/h4-20,30H,21H2,1-3H3,(H,31,33). The number of aryl methyl sites for hydroxylation is 2. The van der Waals surface area contributed by atoms with Crippen molar-refractivity contribution in [3.05, 3.63) is 125 Å². The predicted octanol–water partition coefficient (Wildman–Crippen LogP) is 5.41. The summed E-state index contributed by atoms with van der Waals surface area (Å²) in [7, 11) is -2.53. The van der Waals surface area contributed by atoms with E-state index in [0.717, 1.165) is 26.6 Å². The number of carbonyl (C=O) groups is 1. The molecule has 0 aliphatic rings. The van der Waals surface area contributed by atoms with Crippen LogP contribution in [0.25, 0.3) is 0 Å². The summed E-state index contributed by atoms with van der Waals surface area (Å²) in [4.78, 5) is 13.6. The number of benzene rings is 4. The highest BCUT2D eigenvalue weighted by molar-refractivity contribution is 7.92. The Kier molecular flexibility index (Phi) is 7.94. The first-order chi connectivity index (χ1) is 17.8. The van der Waals surface area contributed by atoms with Gasteiger partial charge in [0.15, 0.2) is 0 Å². The zero-order valence-corrected chi connectivity index (χ0v) is 21.9. The fourth-order valence-electron chi connectivity index (χ4n) is 4.02. The Balaban J connectivity index is 1.69. The maximum absolute atomic E-state index is 13.7. The monoisotopic (exact) mass is 514 g/mol. The van der Waals surface area contributed by atoms with Gasteiger partial charge in [-0.2, -0.15) is 0 Å². The Hall–Kier alpha value is -4.10. The minimum Gasteiger partial charge on any atom is -0.497 e. The molecule has 0 saturated carbocycles. The summed E-state index contributed by atoms with van der Waals surface area (Å²) >= 11 is 0. The smallest absolute Gasteiger partial charge is 0.264 e. The summed E-state index contributed by atoms with van der Waals surface area (Å²) in [6.45, 7) is 3.48. The molecule has 6 nitrogen and oxygen atoms in total. The molecule has 0 spiro atoms. The second-order valence-electron chi connectivity index (χ2n) is 8.85. The van der Waals surface area contributed by atoms with Crippen molar-refractivity contribution in [2.75, 3.05) is 18.0 Å². The van der Waals surface area contributed by atoms with Crippen LogP contribution in [0.4, 0.5) is 5.69 Å². The number of hydrogen-bond donors (Lipinski definition) is 1. The molecule has 37 heavy (non-hydrogen) atoms. The van der Waals surface area contributed by atoms with Crippen LogP contribution in [0.15, 0.2) is 108 Å². The van der Waals surface area contributed by atoms with E-state index >= 15 is 0 Å². The van der Waals surface area contributed by atoms with Crippen molar-refractivity contribution in [2.24, 2.45) is 0 Å². The van der Waals surface area contributed by atoms with Crippen LogP contribution in [-0.4, -0.2) is 28.0 Å². The second-order valence-corrected chi connectivity index (χ2v) is 10.7. The first-order valence-electron chi connectivity index (χ1n) is 11.9. The van der Waals surface area contributed by atoms with Crippen molar-refractivity contribution in [1.82, 2.24) is 5.32 Å². The highest BCUT2D eigenvalue weighted by Gasteiger charge is 2.29. The summed E-state index contributed by atoms with van der Waals surface area (Å²) in [5.41, 5.74) is 4.18. The van der Waals surface area contributed by atoms with Crippen molar-refractivity contribution >= 4 is 21.6 Å². The average molecular weight is 515 g/mol. The van der Waals surface area contributed by atoms with E-state index < -0.39 is 28.5 Å². The molecule has 7 heteroatoms. The van der Waals surface area contributed by atoms with Gasteiger partial charge in [0.25, 0.3) is 10.0 Å². The Bertz CT molecular complexity index is 1450. The summed E-state index contributed by atoms with van der Waals surface area (Å²) in [5, 5.41) is 3.05. The van der Waals surface area contributed by atoms with Gasteiger partial charge < -0.3 is 10.1 Å². The fraction of sp³-hybridized carbons (Fsp3) is 0.167. The number of amides is 1. The van der Waals surface area contributed by atoms with Gasteiger partial charge in [0, 0.05) is 6.07 Å². The lowest BCUT2D eigenvalue weighted by Gasteiger charge is -2.26. The Morgan fingerprint density at radius 2 is 1.41 bits per heavy atom. The normalized spacial score (nSPS) is 12.0. The Morgan fingerprint density at radius 3 is 2.03 bits per heavy atom. The number of methoxy groups -OCH3 is 1. The molecule has 1 N–H and O–H groups in total.